The Kier molecular flexibility index (Phi) is 5.47. The zero-order valence-electron chi connectivity index (χ0n) is 12.6. The molecule has 9 heteroatoms. The minimum atomic E-state index is -3.82. The van der Waals surface area contributed by atoms with E-state index in [1.807, 2.05) is 0 Å². The molecule has 0 atom stereocenters. The number of hydrogen-bond acceptors (Lipinski definition) is 6. The predicted octanol–water partition coefficient (Wildman–Crippen LogP) is -0.478. The van der Waals surface area contributed by atoms with Gasteiger partial charge in [0.2, 0.25) is 10.0 Å². The van der Waals surface area contributed by atoms with Crippen LogP contribution in [-0.4, -0.2) is 44.2 Å². The van der Waals surface area contributed by atoms with E-state index in [0.717, 1.165) is 4.31 Å². The molecule has 126 valence electrons. The van der Waals surface area contributed by atoms with Gasteiger partial charge in [0.25, 0.3) is 0 Å². The molecular formula is C14H18N2O6S. The average molecular weight is 342 g/mol. The molecule has 2 rings (SSSR count). The van der Waals surface area contributed by atoms with E-state index in [0.29, 0.717) is 5.48 Å². The van der Waals surface area contributed by atoms with Crippen LogP contribution in [0, 0.1) is 11.1 Å². The van der Waals surface area contributed by atoms with Crippen LogP contribution in [0.2, 0.25) is 0 Å². The van der Waals surface area contributed by atoms with Gasteiger partial charge in [0.15, 0.2) is 0 Å². The number of hydrogen-bond donors (Lipinski definition) is 1. The van der Waals surface area contributed by atoms with E-state index in [-0.39, 0.29) is 42.5 Å². The van der Waals surface area contributed by atoms with E-state index < -0.39 is 21.9 Å². The third-order valence-corrected chi connectivity index (χ3v) is 5.50. The first-order valence-corrected chi connectivity index (χ1v) is 8.56. The summed E-state index contributed by atoms with van der Waals surface area (Å²) in [5, 5.41) is 11.0. The number of esters is 1. The molecule has 23 heavy (non-hydrogen) atoms. The van der Waals surface area contributed by atoms with Crippen molar-refractivity contribution < 1.29 is 28.2 Å². The Morgan fingerprint density at radius 3 is 2.61 bits per heavy atom. The van der Waals surface area contributed by atoms with Crippen molar-refractivity contribution in [2.75, 3.05) is 19.7 Å². The zero-order valence-corrected chi connectivity index (χ0v) is 13.4. The van der Waals surface area contributed by atoms with Crippen LogP contribution in [-0.2, 0) is 24.3 Å². The highest BCUT2D eigenvalue weighted by atomic mass is 32.2. The molecule has 0 saturated carbocycles. The van der Waals surface area contributed by atoms with Gasteiger partial charge in [0.05, 0.1) is 6.61 Å². The molecule has 1 aromatic carbocycles. The van der Waals surface area contributed by atoms with Crippen molar-refractivity contribution in [2.45, 2.75) is 18.2 Å². The summed E-state index contributed by atoms with van der Waals surface area (Å²) in [6, 6.07) is 5.88. The molecule has 0 spiro atoms. The van der Waals surface area contributed by atoms with Crippen molar-refractivity contribution in [3.05, 3.63) is 29.5 Å². The van der Waals surface area contributed by atoms with E-state index >= 15 is 0 Å². The molecular weight excluding hydrogens is 324 g/mol. The largest absolute Gasteiger partial charge is 0.630 e. The number of ketones is 1. The molecule has 0 aliphatic carbocycles. The number of sulfonamides is 1. The number of rotatable bonds is 7. The van der Waals surface area contributed by atoms with Gasteiger partial charge in [-0.25, -0.2) is 8.42 Å². The molecule has 0 unspecified atom stereocenters. The van der Waals surface area contributed by atoms with Gasteiger partial charge in [-0.2, -0.15) is 4.31 Å². The first-order chi connectivity index (χ1) is 10.9. The molecule has 0 bridgehead atoms. The molecule has 0 aromatic heterocycles. The summed E-state index contributed by atoms with van der Waals surface area (Å²) in [5.74, 6) is -1.46. The van der Waals surface area contributed by atoms with Gasteiger partial charge in [0, 0.05) is 25.1 Å². The zero-order chi connectivity index (χ0) is 17.0. The van der Waals surface area contributed by atoms with Crippen molar-refractivity contribution >= 4 is 27.5 Å². The molecule has 1 heterocycles. The maximum absolute atomic E-state index is 12.5. The van der Waals surface area contributed by atoms with Gasteiger partial charge >= 0.3 is 5.97 Å². The first kappa shape index (κ1) is 17.5. The van der Waals surface area contributed by atoms with Crippen LogP contribution in [0.5, 0.6) is 0 Å². The number of Topliss-reactive ketones (excluding diaryl/α,β-unsaturated/α-hetero) is 1. The molecule has 1 aromatic rings. The normalized spacial score (nSPS) is 15.9. The number of quaternary nitrogens is 1. The number of carbonyl (C=O) groups excluding carboxylic acids is 2. The molecule has 2 N–H and O–H groups in total. The maximum Gasteiger partial charge on any atom is 0.313 e. The number of benzene rings is 1. The topological polar surface area (TPSA) is 120 Å². The van der Waals surface area contributed by atoms with Crippen LogP contribution in [0.3, 0.4) is 0 Å². The molecule has 1 aliphatic heterocycles. The second kappa shape index (κ2) is 7.18. The smallest absolute Gasteiger partial charge is 0.313 e. The Morgan fingerprint density at radius 2 is 2.00 bits per heavy atom. The quantitative estimate of drug-likeness (QED) is 0.309. The lowest BCUT2D eigenvalue weighted by Crippen LogP contribution is -2.71. The van der Waals surface area contributed by atoms with Crippen LogP contribution in [0.4, 0.5) is 5.69 Å². The fourth-order valence-electron chi connectivity index (χ4n) is 2.29. The number of ether oxygens (including phenoxy) is 1. The fourth-order valence-corrected chi connectivity index (χ4v) is 3.98. The van der Waals surface area contributed by atoms with Gasteiger partial charge in [0.1, 0.15) is 22.8 Å². The molecule has 0 amide bonds. The Bertz CT molecular complexity index is 697. The summed E-state index contributed by atoms with van der Waals surface area (Å²) in [4.78, 5) is 23.1. The number of nitrogens with zero attached hydrogens (tertiary/aromatic N) is 1. The van der Waals surface area contributed by atoms with Crippen molar-refractivity contribution in [3.63, 3.8) is 0 Å². The van der Waals surface area contributed by atoms with Crippen molar-refractivity contribution in [2.24, 2.45) is 5.92 Å². The van der Waals surface area contributed by atoms with Gasteiger partial charge in [-0.05, 0) is 13.0 Å². The summed E-state index contributed by atoms with van der Waals surface area (Å²) >= 11 is 0. The SMILES string of the molecule is CCOC(=O)CC(=O)C1CN(S(=O)(=O)c2ccccc2[NH2+][O-])C1. The van der Waals surface area contributed by atoms with Crippen LogP contribution in [0.1, 0.15) is 13.3 Å². The Balaban J connectivity index is 2.01. The van der Waals surface area contributed by atoms with Crippen LogP contribution in [0.25, 0.3) is 0 Å². The summed E-state index contributed by atoms with van der Waals surface area (Å²) in [6.45, 7) is 1.85. The number of carbonyl (C=O) groups is 2. The highest BCUT2D eigenvalue weighted by Crippen LogP contribution is 2.28. The fraction of sp³-hybridized carbons (Fsp3) is 0.429. The number of nitrogens with two attached hydrogens (primary N) is 1. The van der Waals surface area contributed by atoms with Gasteiger partial charge in [-0.1, -0.05) is 12.1 Å². The lowest BCUT2D eigenvalue weighted by atomic mass is 9.96. The summed E-state index contributed by atoms with van der Waals surface area (Å²) < 4.78 is 30.7. The lowest BCUT2D eigenvalue weighted by Gasteiger charge is -2.37. The van der Waals surface area contributed by atoms with Gasteiger partial charge < -0.3 is 15.4 Å². The van der Waals surface area contributed by atoms with Crippen LogP contribution < -0.4 is 5.48 Å². The molecule has 1 aliphatic rings. The third kappa shape index (κ3) is 3.75. The lowest BCUT2D eigenvalue weighted by molar-refractivity contribution is -0.499. The minimum absolute atomic E-state index is 0.00770. The maximum atomic E-state index is 12.5. The van der Waals surface area contributed by atoms with Crippen molar-refractivity contribution in [1.29, 1.82) is 0 Å². The molecule has 0 radical (unpaired) electrons. The molecule has 1 fully saturated rings. The van der Waals surface area contributed by atoms with Gasteiger partial charge in [-0.15, -0.1) is 0 Å². The minimum Gasteiger partial charge on any atom is -0.630 e. The van der Waals surface area contributed by atoms with E-state index in [9.17, 15) is 23.2 Å². The van der Waals surface area contributed by atoms with Crippen LogP contribution in [0.15, 0.2) is 29.2 Å². The second-order valence-electron chi connectivity index (χ2n) is 5.12. The Hall–Kier alpha value is -1.81. The van der Waals surface area contributed by atoms with E-state index in [1.165, 1.54) is 18.2 Å². The monoisotopic (exact) mass is 342 g/mol. The first-order valence-electron chi connectivity index (χ1n) is 7.12. The van der Waals surface area contributed by atoms with Gasteiger partial charge in [-0.3, -0.25) is 9.59 Å². The second-order valence-corrected chi connectivity index (χ2v) is 7.03. The van der Waals surface area contributed by atoms with E-state index in [4.69, 9.17) is 4.74 Å². The summed E-state index contributed by atoms with van der Waals surface area (Å²) in [5.41, 5.74) is 0.560. The highest BCUT2D eigenvalue weighted by molar-refractivity contribution is 7.89. The van der Waals surface area contributed by atoms with Crippen molar-refractivity contribution in [1.82, 2.24) is 4.31 Å². The van der Waals surface area contributed by atoms with Crippen LogP contribution >= 0.6 is 0 Å². The van der Waals surface area contributed by atoms with E-state index in [1.54, 1.807) is 13.0 Å². The Labute approximate surface area is 134 Å². The molecule has 1 saturated heterocycles. The standard InChI is InChI=1S/C14H18N2O6S/c1-2-22-14(18)7-12(17)10-8-16(9-10)23(20,21)13-6-4-3-5-11(13)15-19/h3-6,10H,2,7-9,15H2,1H3. The Morgan fingerprint density at radius 1 is 1.35 bits per heavy atom. The molecule has 8 nitrogen and oxygen atoms in total. The summed E-state index contributed by atoms with van der Waals surface area (Å²) in [7, 11) is -3.82. The summed E-state index contributed by atoms with van der Waals surface area (Å²) in [6.07, 6.45) is -0.350. The third-order valence-electron chi connectivity index (χ3n) is 3.59. The average Bonchev–Trinajstić information content (AvgIpc) is 2.45. The van der Waals surface area contributed by atoms with Crippen molar-refractivity contribution in [3.8, 4) is 0 Å². The predicted molar refractivity (Wildman–Crippen MR) is 79.9 cm³/mol. The van der Waals surface area contributed by atoms with E-state index in [2.05, 4.69) is 0 Å². The highest BCUT2D eigenvalue weighted by Gasteiger charge is 2.41.